The van der Waals surface area contributed by atoms with Crippen molar-refractivity contribution in [3.8, 4) is 0 Å². The van der Waals surface area contributed by atoms with Gasteiger partial charge in [0.05, 0.1) is 30.4 Å². The summed E-state index contributed by atoms with van der Waals surface area (Å²) in [6.45, 7) is 10.0. The minimum Gasteiger partial charge on any atom is -0.469 e. The van der Waals surface area contributed by atoms with Gasteiger partial charge in [-0.2, -0.15) is 0 Å². The first-order chi connectivity index (χ1) is 18.4. The van der Waals surface area contributed by atoms with Gasteiger partial charge in [0, 0.05) is 36.8 Å². The van der Waals surface area contributed by atoms with E-state index >= 15 is 0 Å². The minimum absolute atomic E-state index is 0.000163. The van der Waals surface area contributed by atoms with Gasteiger partial charge in [-0.3, -0.25) is 4.79 Å². The second-order valence-electron chi connectivity index (χ2n) is 11.5. The molecule has 212 valence electrons. The van der Waals surface area contributed by atoms with Gasteiger partial charge in [0.25, 0.3) is 0 Å². The van der Waals surface area contributed by atoms with Crippen LogP contribution in [0.25, 0.3) is 0 Å². The van der Waals surface area contributed by atoms with Crippen LogP contribution < -0.4 is 15.5 Å². The Hall–Kier alpha value is -2.79. The number of alkyl carbamates (subject to hydrolysis) is 1. The highest BCUT2D eigenvalue weighted by molar-refractivity contribution is 7.99. The highest BCUT2D eigenvalue weighted by Gasteiger charge is 2.36. The topological polar surface area (TPSA) is 119 Å². The number of halogens is 1. The van der Waals surface area contributed by atoms with Crippen molar-refractivity contribution in [2.45, 2.75) is 74.9 Å². The number of esters is 1. The molecule has 2 aromatic heterocycles. The van der Waals surface area contributed by atoms with Crippen molar-refractivity contribution >= 4 is 47.1 Å². The Morgan fingerprint density at radius 2 is 1.90 bits per heavy atom. The van der Waals surface area contributed by atoms with Crippen molar-refractivity contribution in [1.29, 1.82) is 0 Å². The molecule has 1 aliphatic heterocycles. The summed E-state index contributed by atoms with van der Waals surface area (Å²) in [5, 5.41) is 7.50. The molecule has 12 heteroatoms. The van der Waals surface area contributed by atoms with Crippen LogP contribution in [-0.2, 0) is 14.3 Å². The standard InChI is InChI=1S/C27H37ClN6O4S/c1-26(2,3)38-25(36)32-16-27(4)7-10-34(11-8-27)20-14-31-21(15-30-20)39-19-6-9-29-23(22(19)28)33-18-12-17(13-18)24(35)37-5/h6,9,14-15,17-18H,7-8,10-13,16H2,1-5H3,(H,29,33)(H,32,36). The Labute approximate surface area is 239 Å². The van der Waals surface area contributed by atoms with Crippen LogP contribution in [0.5, 0.6) is 0 Å². The lowest BCUT2D eigenvalue weighted by molar-refractivity contribution is -0.148. The third kappa shape index (κ3) is 7.88. The maximum Gasteiger partial charge on any atom is 0.407 e. The number of carbonyl (C=O) groups is 2. The fourth-order valence-electron chi connectivity index (χ4n) is 4.58. The van der Waals surface area contributed by atoms with Gasteiger partial charge >= 0.3 is 12.1 Å². The highest BCUT2D eigenvalue weighted by atomic mass is 35.5. The van der Waals surface area contributed by atoms with E-state index in [1.807, 2.05) is 26.8 Å². The van der Waals surface area contributed by atoms with Gasteiger partial charge in [-0.1, -0.05) is 30.3 Å². The van der Waals surface area contributed by atoms with Gasteiger partial charge < -0.3 is 25.0 Å². The molecule has 0 aromatic carbocycles. The molecule has 10 nitrogen and oxygen atoms in total. The number of ether oxygens (including phenoxy) is 2. The zero-order valence-corrected chi connectivity index (χ0v) is 24.7. The molecular formula is C27H37ClN6O4S. The number of nitrogens with zero attached hydrogens (tertiary/aromatic N) is 4. The first-order valence-corrected chi connectivity index (χ1v) is 14.3. The predicted molar refractivity (Wildman–Crippen MR) is 151 cm³/mol. The molecule has 1 saturated heterocycles. The number of hydrogen-bond acceptors (Lipinski definition) is 10. The van der Waals surface area contributed by atoms with Gasteiger partial charge in [0.15, 0.2) is 0 Å². The zero-order chi connectivity index (χ0) is 28.2. The second kappa shape index (κ2) is 12.2. The number of rotatable bonds is 8. The van der Waals surface area contributed by atoms with E-state index in [2.05, 4.69) is 37.4 Å². The van der Waals surface area contributed by atoms with Crippen molar-refractivity contribution in [3.05, 3.63) is 29.7 Å². The number of nitrogens with one attached hydrogen (secondary N) is 2. The van der Waals surface area contributed by atoms with Crippen LogP contribution in [0.1, 0.15) is 53.4 Å². The average Bonchev–Trinajstić information content (AvgIpc) is 2.86. The summed E-state index contributed by atoms with van der Waals surface area (Å²) in [4.78, 5) is 40.4. The van der Waals surface area contributed by atoms with Crippen LogP contribution in [0.15, 0.2) is 34.6 Å². The number of pyridine rings is 1. The van der Waals surface area contributed by atoms with Crippen molar-refractivity contribution in [1.82, 2.24) is 20.3 Å². The van der Waals surface area contributed by atoms with E-state index in [1.54, 1.807) is 18.6 Å². The van der Waals surface area contributed by atoms with Crippen molar-refractivity contribution < 1.29 is 19.1 Å². The van der Waals surface area contributed by atoms with Crippen LogP contribution in [-0.4, -0.2) is 65.4 Å². The molecule has 0 unspecified atom stereocenters. The lowest BCUT2D eigenvalue weighted by Crippen LogP contribution is -2.45. The lowest BCUT2D eigenvalue weighted by Gasteiger charge is -2.40. The van der Waals surface area contributed by atoms with E-state index in [0.29, 0.717) is 30.2 Å². The predicted octanol–water partition coefficient (Wildman–Crippen LogP) is 5.17. The smallest absolute Gasteiger partial charge is 0.407 e. The van der Waals surface area contributed by atoms with E-state index in [4.69, 9.17) is 21.1 Å². The number of hydrogen-bond donors (Lipinski definition) is 2. The zero-order valence-electron chi connectivity index (χ0n) is 23.1. The summed E-state index contributed by atoms with van der Waals surface area (Å²) < 4.78 is 10.2. The summed E-state index contributed by atoms with van der Waals surface area (Å²) in [6.07, 6.45) is 8.12. The number of methoxy groups -OCH3 is 1. The second-order valence-corrected chi connectivity index (χ2v) is 12.9. The van der Waals surface area contributed by atoms with Gasteiger partial charge in [-0.15, -0.1) is 0 Å². The number of aromatic nitrogens is 3. The summed E-state index contributed by atoms with van der Waals surface area (Å²) in [6, 6.07) is 1.99. The van der Waals surface area contributed by atoms with E-state index in [0.717, 1.165) is 41.7 Å². The first kappa shape index (κ1) is 29.2. The molecule has 4 rings (SSSR count). The van der Waals surface area contributed by atoms with Gasteiger partial charge in [-0.25, -0.2) is 19.7 Å². The van der Waals surface area contributed by atoms with Gasteiger partial charge in [-0.05, 0) is 57.9 Å². The normalized spacial score (nSPS) is 20.5. The minimum atomic E-state index is -0.508. The Morgan fingerprint density at radius 3 is 2.51 bits per heavy atom. The Bertz CT molecular complexity index is 1160. The monoisotopic (exact) mass is 576 g/mol. The van der Waals surface area contributed by atoms with Gasteiger partial charge in [0.2, 0.25) is 0 Å². The van der Waals surface area contributed by atoms with Crippen molar-refractivity contribution in [2.75, 3.05) is 37.0 Å². The van der Waals surface area contributed by atoms with Gasteiger partial charge in [0.1, 0.15) is 22.3 Å². The molecule has 0 spiro atoms. The quantitative estimate of drug-likeness (QED) is 0.407. The molecular weight excluding hydrogens is 540 g/mol. The van der Waals surface area contributed by atoms with Crippen LogP contribution in [0.4, 0.5) is 16.4 Å². The molecule has 0 bridgehead atoms. The largest absolute Gasteiger partial charge is 0.469 e. The summed E-state index contributed by atoms with van der Waals surface area (Å²) in [5.74, 6) is 1.18. The van der Waals surface area contributed by atoms with E-state index in [9.17, 15) is 9.59 Å². The maximum atomic E-state index is 12.0. The van der Waals surface area contributed by atoms with E-state index in [-0.39, 0.29) is 29.4 Å². The number of carbonyl (C=O) groups excluding carboxylic acids is 2. The third-order valence-electron chi connectivity index (χ3n) is 7.05. The van der Waals surface area contributed by atoms with Crippen molar-refractivity contribution in [2.24, 2.45) is 11.3 Å². The fraction of sp³-hybridized carbons (Fsp3) is 0.593. The third-order valence-corrected chi connectivity index (χ3v) is 8.52. The summed E-state index contributed by atoms with van der Waals surface area (Å²) in [7, 11) is 1.41. The number of amides is 1. The molecule has 3 heterocycles. The molecule has 1 aliphatic carbocycles. The number of anilines is 2. The van der Waals surface area contributed by atoms with Crippen LogP contribution >= 0.6 is 23.4 Å². The molecule has 1 amide bonds. The molecule has 39 heavy (non-hydrogen) atoms. The highest BCUT2D eigenvalue weighted by Crippen LogP contribution is 2.38. The molecule has 1 saturated carbocycles. The molecule has 2 aliphatic rings. The molecule has 2 N–H and O–H groups in total. The van der Waals surface area contributed by atoms with E-state index in [1.165, 1.54) is 18.9 Å². The molecule has 2 aromatic rings. The summed E-state index contributed by atoms with van der Waals surface area (Å²) >= 11 is 8.07. The Balaban J connectivity index is 1.27. The van der Waals surface area contributed by atoms with E-state index < -0.39 is 5.60 Å². The fourth-order valence-corrected chi connectivity index (χ4v) is 5.62. The van der Waals surface area contributed by atoms with Crippen LogP contribution in [0, 0.1) is 11.3 Å². The Morgan fingerprint density at radius 1 is 1.18 bits per heavy atom. The molecule has 0 radical (unpaired) electrons. The number of piperidine rings is 1. The summed E-state index contributed by atoms with van der Waals surface area (Å²) in [5.41, 5.74) is -0.507. The average molecular weight is 577 g/mol. The molecule has 2 fully saturated rings. The molecule has 0 atom stereocenters. The SMILES string of the molecule is COC(=O)C1CC(Nc2nccc(Sc3cnc(N4CCC(C)(CNC(=O)OC(C)(C)C)CC4)cn3)c2Cl)C1. The van der Waals surface area contributed by atoms with Crippen LogP contribution in [0.3, 0.4) is 0 Å². The van der Waals surface area contributed by atoms with Crippen molar-refractivity contribution in [3.63, 3.8) is 0 Å². The lowest BCUT2D eigenvalue weighted by atomic mass is 9.80. The van der Waals surface area contributed by atoms with Crippen LogP contribution in [0.2, 0.25) is 5.02 Å². The maximum absolute atomic E-state index is 12.0. The Kier molecular flexibility index (Phi) is 9.10. The first-order valence-electron chi connectivity index (χ1n) is 13.2.